The fraction of sp³-hybridized carbons (Fsp3) is 0.333. The molecule has 138 valence electrons. The minimum atomic E-state index is -0.0782. The van der Waals surface area contributed by atoms with Gasteiger partial charge in [0.1, 0.15) is 17.3 Å². The van der Waals surface area contributed by atoms with Gasteiger partial charge < -0.3 is 19.2 Å². The van der Waals surface area contributed by atoms with Crippen molar-refractivity contribution >= 4 is 5.91 Å². The number of amides is 1. The molecule has 27 heavy (non-hydrogen) atoms. The molecule has 0 aliphatic carbocycles. The molecule has 0 fully saturated rings. The molecule has 4 heterocycles. The predicted octanol–water partition coefficient (Wildman–Crippen LogP) is 2.45. The normalized spacial score (nSPS) is 19.3. The molecular formula is C21H22N4O2. The summed E-state index contributed by atoms with van der Waals surface area (Å²) in [7, 11) is 0. The van der Waals surface area contributed by atoms with Crippen LogP contribution in [0.15, 0.2) is 53.2 Å². The van der Waals surface area contributed by atoms with Gasteiger partial charge in [-0.15, -0.1) is 0 Å². The number of carbonyl (C=O) groups is 1. The number of aromatic nitrogens is 2. The lowest BCUT2D eigenvalue weighted by Gasteiger charge is -2.29. The molecule has 0 spiro atoms. The second kappa shape index (κ2) is 6.70. The topological polar surface area (TPSA) is 63.3 Å². The Labute approximate surface area is 157 Å². The van der Waals surface area contributed by atoms with E-state index in [-0.39, 0.29) is 11.8 Å². The van der Waals surface area contributed by atoms with Crippen molar-refractivity contribution in [2.45, 2.75) is 26.1 Å². The molecule has 6 nitrogen and oxygen atoms in total. The Morgan fingerprint density at radius 2 is 2.15 bits per heavy atom. The first kappa shape index (κ1) is 16.3. The maximum Gasteiger partial charge on any atom is 0.229 e. The van der Waals surface area contributed by atoms with Crippen LogP contribution >= 0.6 is 0 Å². The van der Waals surface area contributed by atoms with E-state index in [9.17, 15) is 4.79 Å². The molecule has 2 aliphatic rings. The molecule has 2 aliphatic heterocycles. The van der Waals surface area contributed by atoms with Crippen LogP contribution in [0.25, 0.3) is 11.3 Å². The Bertz CT molecular complexity index is 960. The second-order valence-corrected chi connectivity index (χ2v) is 7.26. The van der Waals surface area contributed by atoms with E-state index in [1.807, 2.05) is 41.4 Å². The van der Waals surface area contributed by atoms with Gasteiger partial charge in [-0.2, -0.15) is 0 Å². The first-order valence-electron chi connectivity index (χ1n) is 9.44. The fourth-order valence-electron chi connectivity index (χ4n) is 4.01. The summed E-state index contributed by atoms with van der Waals surface area (Å²) < 4.78 is 8.19. The van der Waals surface area contributed by atoms with Gasteiger partial charge in [0.25, 0.3) is 0 Å². The van der Waals surface area contributed by atoms with Crippen molar-refractivity contribution in [2.24, 2.45) is 5.92 Å². The average molecular weight is 362 g/mol. The van der Waals surface area contributed by atoms with Gasteiger partial charge >= 0.3 is 0 Å². The smallest absolute Gasteiger partial charge is 0.229 e. The van der Waals surface area contributed by atoms with Crippen LogP contribution in [0.3, 0.4) is 0 Å². The Morgan fingerprint density at radius 3 is 3.04 bits per heavy atom. The first-order chi connectivity index (χ1) is 13.3. The number of benzene rings is 1. The highest BCUT2D eigenvalue weighted by atomic mass is 16.3. The lowest BCUT2D eigenvalue weighted by molar-refractivity contribution is -0.137. The van der Waals surface area contributed by atoms with Gasteiger partial charge in [-0.25, -0.2) is 4.98 Å². The van der Waals surface area contributed by atoms with Gasteiger partial charge in [-0.05, 0) is 18.1 Å². The van der Waals surface area contributed by atoms with Crippen molar-refractivity contribution in [3.05, 3.63) is 65.9 Å². The highest BCUT2D eigenvalue weighted by molar-refractivity contribution is 5.79. The zero-order chi connectivity index (χ0) is 18.2. The lowest BCUT2D eigenvalue weighted by atomic mass is 10.0. The molecule has 0 saturated carbocycles. The van der Waals surface area contributed by atoms with Gasteiger partial charge in [0.2, 0.25) is 5.91 Å². The van der Waals surface area contributed by atoms with E-state index in [4.69, 9.17) is 4.42 Å². The number of nitrogens with one attached hydrogen (secondary N) is 1. The molecule has 1 N–H and O–H groups in total. The van der Waals surface area contributed by atoms with E-state index in [0.717, 1.165) is 35.9 Å². The minimum Gasteiger partial charge on any atom is -0.459 e. The summed E-state index contributed by atoms with van der Waals surface area (Å²) in [4.78, 5) is 19.4. The molecule has 1 unspecified atom stereocenters. The van der Waals surface area contributed by atoms with Crippen molar-refractivity contribution in [2.75, 3.05) is 13.1 Å². The number of furan rings is 1. The number of fused-ring (bicyclic) bond motifs is 2. The monoisotopic (exact) mass is 362 g/mol. The second-order valence-electron chi connectivity index (χ2n) is 7.26. The fourth-order valence-corrected chi connectivity index (χ4v) is 4.01. The van der Waals surface area contributed by atoms with E-state index in [2.05, 4.69) is 20.9 Å². The van der Waals surface area contributed by atoms with Crippen LogP contribution in [-0.4, -0.2) is 33.4 Å². The van der Waals surface area contributed by atoms with E-state index < -0.39 is 0 Å². The van der Waals surface area contributed by atoms with E-state index in [1.165, 1.54) is 5.56 Å². The van der Waals surface area contributed by atoms with Gasteiger partial charge in [-0.1, -0.05) is 30.3 Å². The molecule has 0 saturated heterocycles. The first-order valence-corrected chi connectivity index (χ1v) is 9.44. The van der Waals surface area contributed by atoms with Crippen molar-refractivity contribution in [1.29, 1.82) is 0 Å². The predicted molar refractivity (Wildman–Crippen MR) is 101 cm³/mol. The van der Waals surface area contributed by atoms with Crippen LogP contribution in [0.1, 0.15) is 17.1 Å². The van der Waals surface area contributed by atoms with Gasteiger partial charge in [0.15, 0.2) is 0 Å². The molecule has 5 rings (SSSR count). The lowest BCUT2D eigenvalue weighted by Crippen LogP contribution is -2.43. The van der Waals surface area contributed by atoms with Gasteiger partial charge in [0, 0.05) is 37.6 Å². The molecule has 1 atom stereocenters. The molecule has 1 amide bonds. The summed E-state index contributed by atoms with van der Waals surface area (Å²) in [5.74, 6) is 2.90. The number of rotatable bonds is 2. The molecular weight excluding hydrogens is 340 g/mol. The van der Waals surface area contributed by atoms with Crippen molar-refractivity contribution in [3.63, 3.8) is 0 Å². The maximum absolute atomic E-state index is 13.1. The third-order valence-corrected chi connectivity index (χ3v) is 5.49. The summed E-state index contributed by atoms with van der Waals surface area (Å²) in [6.45, 7) is 3.36. The number of hydrogen-bond acceptors (Lipinski definition) is 4. The quantitative estimate of drug-likeness (QED) is 0.761. The van der Waals surface area contributed by atoms with Gasteiger partial charge in [-0.3, -0.25) is 4.79 Å². The molecule has 6 heteroatoms. The SMILES string of the molecule is O=C(C1CNCc2nccn2C1)N1CCc2cc(-c3ccccc3)oc2C1. The number of nitrogens with zero attached hydrogens (tertiary/aromatic N) is 3. The number of carbonyl (C=O) groups excluding carboxylic acids is 1. The van der Waals surface area contributed by atoms with Crippen LogP contribution in [0.2, 0.25) is 0 Å². The molecule has 2 aromatic heterocycles. The largest absolute Gasteiger partial charge is 0.459 e. The number of hydrogen-bond donors (Lipinski definition) is 1. The molecule has 1 aromatic carbocycles. The summed E-state index contributed by atoms with van der Waals surface area (Å²) in [5, 5.41) is 3.35. The highest BCUT2D eigenvalue weighted by Crippen LogP contribution is 2.30. The van der Waals surface area contributed by atoms with Crippen molar-refractivity contribution < 1.29 is 9.21 Å². The zero-order valence-electron chi connectivity index (χ0n) is 15.1. The average Bonchev–Trinajstić information content (AvgIpc) is 3.29. The molecule has 3 aromatic rings. The third-order valence-electron chi connectivity index (χ3n) is 5.49. The van der Waals surface area contributed by atoms with E-state index in [0.29, 0.717) is 26.2 Å². The Hall–Kier alpha value is -2.86. The Balaban J connectivity index is 1.33. The Morgan fingerprint density at radius 1 is 1.26 bits per heavy atom. The van der Waals surface area contributed by atoms with Crippen LogP contribution in [0, 0.1) is 5.92 Å². The van der Waals surface area contributed by atoms with Crippen molar-refractivity contribution in [3.8, 4) is 11.3 Å². The summed E-state index contributed by atoms with van der Waals surface area (Å²) in [5.41, 5.74) is 2.29. The standard InChI is InChI=1S/C21H22N4O2/c26-21(17-11-22-12-20-23-7-9-24(20)13-17)25-8-6-16-10-18(27-19(16)14-25)15-4-2-1-3-5-15/h1-5,7,9-10,17,22H,6,8,11-14H2. The van der Waals surface area contributed by atoms with E-state index >= 15 is 0 Å². The highest BCUT2D eigenvalue weighted by Gasteiger charge is 2.31. The van der Waals surface area contributed by atoms with Gasteiger partial charge in [0.05, 0.1) is 19.0 Å². The van der Waals surface area contributed by atoms with E-state index in [1.54, 1.807) is 6.20 Å². The Kier molecular flexibility index (Phi) is 4.05. The molecule has 0 bridgehead atoms. The van der Waals surface area contributed by atoms with Crippen molar-refractivity contribution in [1.82, 2.24) is 19.8 Å². The minimum absolute atomic E-state index is 0.0782. The van der Waals surface area contributed by atoms with Crippen LogP contribution in [-0.2, 0) is 30.8 Å². The summed E-state index contributed by atoms with van der Waals surface area (Å²) >= 11 is 0. The summed E-state index contributed by atoms with van der Waals surface area (Å²) in [6, 6.07) is 12.2. The molecule has 0 radical (unpaired) electrons. The third kappa shape index (κ3) is 3.06. The maximum atomic E-state index is 13.1. The van der Waals surface area contributed by atoms with Crippen LogP contribution < -0.4 is 5.32 Å². The van der Waals surface area contributed by atoms with Crippen LogP contribution in [0.4, 0.5) is 0 Å². The number of imidazole rings is 1. The van der Waals surface area contributed by atoms with Crippen LogP contribution in [0.5, 0.6) is 0 Å². The zero-order valence-corrected chi connectivity index (χ0v) is 15.1. The summed E-state index contributed by atoms with van der Waals surface area (Å²) in [6.07, 6.45) is 4.59.